The molecule has 6 heteroatoms. The van der Waals surface area contributed by atoms with Gasteiger partial charge in [-0.1, -0.05) is 185 Å². The van der Waals surface area contributed by atoms with Crippen molar-refractivity contribution in [2.24, 2.45) is 5.41 Å². The van der Waals surface area contributed by atoms with Gasteiger partial charge in [0.25, 0.3) is 6.33 Å². The second kappa shape index (κ2) is 17.6. The van der Waals surface area contributed by atoms with E-state index in [1.807, 2.05) is 98.0 Å². The van der Waals surface area contributed by atoms with Crippen LogP contribution in [-0.4, -0.2) is 14.1 Å². The Morgan fingerprint density at radius 3 is 1.98 bits per heavy atom. The SMILES string of the molecule is [2H]c1c([2H])c([2H])c(-c2cccc(-c3c([2H])c([2H])c([2H])c([2H])c3[2H])c2-[n+]2[c-]n(-c3[c-]c(Oc4[c-]c5c(cc4)c4ccccc4n5-c4cc(C([2H])(C)C(C)(C)C)c(-c5ccccc5)cn4)ccc3)c3ccccc32)c([2H])c1[2H].[Pt]. The fourth-order valence-electron chi connectivity index (χ4n) is 8.41. The van der Waals surface area contributed by atoms with Crippen LogP contribution in [0.15, 0.2) is 200 Å². The van der Waals surface area contributed by atoms with Gasteiger partial charge in [0.05, 0.1) is 30.4 Å². The van der Waals surface area contributed by atoms with E-state index in [1.165, 1.54) is 0 Å². The van der Waals surface area contributed by atoms with Crippen molar-refractivity contribution in [3.05, 3.63) is 224 Å². The summed E-state index contributed by atoms with van der Waals surface area (Å²) in [7, 11) is 0. The number of imidazole rings is 1. The number of para-hydroxylation sites is 4. The topological polar surface area (TPSA) is 35.9 Å². The maximum Gasteiger partial charge on any atom is 0.268 e. The molecule has 324 valence electrons. The predicted octanol–water partition coefficient (Wildman–Crippen LogP) is 14.7. The predicted molar refractivity (Wildman–Crippen MR) is 264 cm³/mol. The van der Waals surface area contributed by atoms with E-state index in [2.05, 4.69) is 49.9 Å². The molecule has 11 aromatic rings. The van der Waals surface area contributed by atoms with Gasteiger partial charge < -0.3 is 13.9 Å². The van der Waals surface area contributed by atoms with Crippen LogP contribution in [0.4, 0.5) is 0 Å². The van der Waals surface area contributed by atoms with Gasteiger partial charge in [-0.2, -0.15) is 18.2 Å². The van der Waals surface area contributed by atoms with Crippen LogP contribution in [0.5, 0.6) is 11.5 Å². The quantitative estimate of drug-likeness (QED) is 0.107. The minimum Gasteiger partial charge on any atom is -0.510 e. The largest absolute Gasteiger partial charge is 0.510 e. The molecule has 0 fully saturated rings. The summed E-state index contributed by atoms with van der Waals surface area (Å²) >= 11 is 0. The third kappa shape index (κ3) is 7.74. The van der Waals surface area contributed by atoms with E-state index < -0.39 is 71.7 Å². The smallest absolute Gasteiger partial charge is 0.268 e. The number of nitrogens with zero attached hydrogens (tertiary/aromatic N) is 4. The van der Waals surface area contributed by atoms with Gasteiger partial charge in [0.1, 0.15) is 5.82 Å². The summed E-state index contributed by atoms with van der Waals surface area (Å²) in [6.45, 7) is 8.17. The Balaban J connectivity index is 0.00000672. The van der Waals surface area contributed by atoms with E-state index in [4.69, 9.17) is 23.4 Å². The van der Waals surface area contributed by atoms with Gasteiger partial charge in [0.2, 0.25) is 0 Å². The summed E-state index contributed by atoms with van der Waals surface area (Å²) < 4.78 is 109. The fourth-order valence-corrected chi connectivity index (χ4v) is 8.41. The first-order valence-corrected chi connectivity index (χ1v) is 21.2. The van der Waals surface area contributed by atoms with Crippen molar-refractivity contribution in [2.45, 2.75) is 33.6 Å². The molecular weight excluding hydrogens is 988 g/mol. The Labute approximate surface area is 416 Å². The molecule has 0 radical (unpaired) electrons. The zero-order valence-corrected chi connectivity index (χ0v) is 38.6. The molecule has 1 unspecified atom stereocenters. The molecule has 5 nitrogen and oxygen atoms in total. The summed E-state index contributed by atoms with van der Waals surface area (Å²) in [5.41, 5.74) is 5.57. The zero-order valence-electron chi connectivity index (χ0n) is 47.3. The molecule has 3 heterocycles. The van der Waals surface area contributed by atoms with Crippen LogP contribution >= 0.6 is 0 Å². The normalized spacial score (nSPS) is 14.9. The molecule has 3 aromatic heterocycles. The summed E-state index contributed by atoms with van der Waals surface area (Å²) in [5.74, 6) is 0.320. The first-order chi connectivity index (χ1) is 36.3. The maximum atomic E-state index is 9.81. The van der Waals surface area contributed by atoms with Crippen molar-refractivity contribution in [3.63, 3.8) is 0 Å². The van der Waals surface area contributed by atoms with Gasteiger partial charge in [0, 0.05) is 51.2 Å². The molecule has 0 saturated heterocycles. The fraction of sp³-hybridized carbons (Fsp3) is 0.100. The summed E-state index contributed by atoms with van der Waals surface area (Å²) in [6, 6.07) is 42.9. The van der Waals surface area contributed by atoms with Crippen LogP contribution in [0.2, 0.25) is 0 Å². The summed E-state index contributed by atoms with van der Waals surface area (Å²) in [5, 5.41) is 1.91. The molecule has 0 saturated carbocycles. The van der Waals surface area contributed by atoms with Gasteiger partial charge in [-0.25, -0.2) is 4.98 Å². The molecule has 0 aliphatic rings. The van der Waals surface area contributed by atoms with Crippen LogP contribution < -0.4 is 9.30 Å². The van der Waals surface area contributed by atoms with E-state index in [9.17, 15) is 1.37 Å². The molecule has 0 spiro atoms. The van der Waals surface area contributed by atoms with Crippen molar-refractivity contribution in [1.82, 2.24) is 14.1 Å². The molecule has 11 rings (SSSR count). The number of hydrogen-bond acceptors (Lipinski definition) is 2. The molecular formula is C60H46N4OPt-2. The first-order valence-electron chi connectivity index (χ1n) is 26.7. The molecule has 66 heavy (non-hydrogen) atoms. The van der Waals surface area contributed by atoms with E-state index >= 15 is 0 Å². The molecule has 0 N–H and O–H groups in total. The number of hydrogen-bond donors (Lipinski definition) is 0. The van der Waals surface area contributed by atoms with Gasteiger partial charge in [0.15, 0.2) is 0 Å². The average Bonchev–Trinajstić information content (AvgIpc) is 4.02. The Hall–Kier alpha value is -7.33. The zero-order chi connectivity index (χ0) is 53.7. The van der Waals surface area contributed by atoms with Crippen LogP contribution in [0.3, 0.4) is 0 Å². The minimum atomic E-state index is -1.02. The van der Waals surface area contributed by atoms with Crippen LogP contribution in [0, 0.1) is 23.9 Å². The van der Waals surface area contributed by atoms with Crippen molar-refractivity contribution in [2.75, 3.05) is 0 Å². The average molecular weight is 1050 g/mol. The summed E-state index contributed by atoms with van der Waals surface area (Å²) in [4.78, 5) is 5.06. The van der Waals surface area contributed by atoms with Crippen LogP contribution in [0.25, 0.3) is 83.4 Å². The van der Waals surface area contributed by atoms with Crippen molar-refractivity contribution in [3.8, 4) is 62.1 Å². The number of fused-ring (bicyclic) bond motifs is 4. The number of pyridine rings is 1. The monoisotopic (exact) mass is 1040 g/mol. The third-order valence-electron chi connectivity index (χ3n) is 11.9. The van der Waals surface area contributed by atoms with Crippen molar-refractivity contribution >= 4 is 32.8 Å². The molecule has 8 aromatic carbocycles. The number of benzene rings is 8. The van der Waals surface area contributed by atoms with Gasteiger partial charge in [-0.05, 0) is 67.9 Å². The van der Waals surface area contributed by atoms with E-state index in [-0.39, 0.29) is 49.0 Å². The van der Waals surface area contributed by atoms with Gasteiger partial charge in [-0.3, -0.25) is 4.57 Å². The van der Waals surface area contributed by atoms with Crippen LogP contribution in [0.1, 0.15) is 54.2 Å². The minimum absolute atomic E-state index is 0. The van der Waals surface area contributed by atoms with E-state index in [0.717, 1.165) is 33.0 Å². The Kier molecular flexibility index (Phi) is 8.39. The Morgan fingerprint density at radius 2 is 1.27 bits per heavy atom. The Morgan fingerprint density at radius 1 is 0.636 bits per heavy atom. The maximum absolute atomic E-state index is 9.81. The first kappa shape index (κ1) is 31.5. The van der Waals surface area contributed by atoms with E-state index in [1.54, 1.807) is 51.6 Å². The Bertz CT molecular complexity index is 4040. The standard InChI is InChI=1S/C60H46N4O.Pt/c1-41(60(2,3)4)52-38-58(61-39-53(52)44-24-12-7-13-25-44)64-54-31-15-14-28-50(54)51-35-34-47(37-57(51)64)65-46-27-18-26-45(36-46)62-40-63(56-33-17-16-32-55(56)62)59-48(42-20-8-5-9-21-42)29-19-30-49(59)43-22-10-6-11-23-43;/h5-35,38-39,41H,1-4H3;/q-2;/i5D,6D,8D,9D,10D,11D,20D,21D,22D,23D,41D;. The third-order valence-corrected chi connectivity index (χ3v) is 11.9. The molecule has 0 amide bonds. The molecule has 0 aliphatic heterocycles. The molecule has 1 atom stereocenters. The van der Waals surface area contributed by atoms with Crippen molar-refractivity contribution < 1.29 is 45.4 Å². The van der Waals surface area contributed by atoms with Crippen molar-refractivity contribution in [1.29, 1.82) is 0 Å². The number of rotatable bonds is 9. The number of ether oxygens (including phenoxy) is 1. The van der Waals surface area contributed by atoms with Gasteiger partial charge in [-0.15, -0.1) is 29.7 Å². The van der Waals surface area contributed by atoms with Gasteiger partial charge >= 0.3 is 0 Å². The van der Waals surface area contributed by atoms with Crippen LogP contribution in [-0.2, 0) is 21.1 Å². The van der Waals surface area contributed by atoms with E-state index in [0.29, 0.717) is 39.6 Å². The molecule has 0 aliphatic carbocycles. The second-order valence-electron chi connectivity index (χ2n) is 16.7. The second-order valence-corrected chi connectivity index (χ2v) is 16.7. The molecule has 0 bridgehead atoms. The number of aromatic nitrogens is 4. The summed E-state index contributed by atoms with van der Waals surface area (Å²) in [6.07, 6.45) is 5.26.